The number of hydrogen-bond acceptors (Lipinski definition) is 0. The number of fused-ring (bicyclic) bond motifs is 6. The fourth-order valence-corrected chi connectivity index (χ4v) is 4.82. The minimum atomic E-state index is 1.10. The van der Waals surface area contributed by atoms with Crippen molar-refractivity contribution in [3.63, 3.8) is 0 Å². The van der Waals surface area contributed by atoms with Crippen molar-refractivity contribution < 1.29 is 0 Å². The summed E-state index contributed by atoms with van der Waals surface area (Å²) >= 11 is 0. The molecule has 0 amide bonds. The monoisotopic (exact) mass is 368 g/mol. The molecule has 0 spiro atoms. The highest BCUT2D eigenvalue weighted by molar-refractivity contribution is 6.15. The first-order valence-corrected chi connectivity index (χ1v) is 10.2. The first kappa shape index (κ1) is 16.3. The highest BCUT2D eigenvalue weighted by Crippen LogP contribution is 2.46. The maximum atomic E-state index is 2.22. The van der Waals surface area contributed by atoms with Gasteiger partial charge in [0.1, 0.15) is 0 Å². The van der Waals surface area contributed by atoms with Crippen LogP contribution in [0.5, 0.6) is 0 Å². The van der Waals surface area contributed by atoms with Crippen LogP contribution in [0.15, 0.2) is 109 Å². The first-order chi connectivity index (χ1) is 14.4. The standard InChI is InChI=1S/C16H10.C13H10/c1-2-8-13-12(7-1)14-9-3-5-11-6-4-10-15(13)16(11)14;1-3-7-12-10(5-1)9-11-6-2-4-8-13(11)12/h1-10H;1-8H,9H2. The van der Waals surface area contributed by atoms with Gasteiger partial charge in [-0.05, 0) is 61.7 Å². The SMILES string of the molecule is c1ccc2c(c1)-c1cccc3cccc-2c13.c1ccc2c(c1)Cc1ccccc1-2. The maximum Gasteiger partial charge on any atom is -0.00135 e. The third kappa shape index (κ3) is 2.53. The van der Waals surface area contributed by atoms with Crippen LogP contribution in [0.25, 0.3) is 44.2 Å². The van der Waals surface area contributed by atoms with E-state index in [1.807, 2.05) is 0 Å². The average Bonchev–Trinajstić information content (AvgIpc) is 3.33. The van der Waals surface area contributed by atoms with Gasteiger partial charge in [0.05, 0.1) is 0 Å². The van der Waals surface area contributed by atoms with Crippen LogP contribution in [0.2, 0.25) is 0 Å². The fraction of sp³-hybridized carbons (Fsp3) is 0.0345. The molecule has 5 aromatic rings. The van der Waals surface area contributed by atoms with Crippen LogP contribution in [0.1, 0.15) is 11.1 Å². The van der Waals surface area contributed by atoms with Crippen molar-refractivity contribution in [1.82, 2.24) is 0 Å². The molecule has 2 aliphatic rings. The van der Waals surface area contributed by atoms with Crippen LogP contribution < -0.4 is 0 Å². The Morgan fingerprint density at radius 3 is 1.28 bits per heavy atom. The molecule has 136 valence electrons. The van der Waals surface area contributed by atoms with Gasteiger partial charge in [0.2, 0.25) is 0 Å². The largest absolute Gasteiger partial charge is 0.0619 e. The zero-order chi connectivity index (χ0) is 19.2. The summed E-state index contributed by atoms with van der Waals surface area (Å²) in [6, 6.07) is 39.1. The van der Waals surface area contributed by atoms with Gasteiger partial charge in [0, 0.05) is 0 Å². The zero-order valence-electron chi connectivity index (χ0n) is 16.1. The molecule has 0 unspecified atom stereocenters. The molecular weight excluding hydrogens is 348 g/mol. The lowest BCUT2D eigenvalue weighted by atomic mass is 10.0. The first-order valence-electron chi connectivity index (χ1n) is 10.2. The molecule has 29 heavy (non-hydrogen) atoms. The Morgan fingerprint density at radius 2 is 0.759 bits per heavy atom. The van der Waals surface area contributed by atoms with Crippen LogP contribution in [0.3, 0.4) is 0 Å². The Morgan fingerprint density at radius 1 is 0.345 bits per heavy atom. The molecule has 0 bridgehead atoms. The van der Waals surface area contributed by atoms with E-state index < -0.39 is 0 Å². The molecule has 0 heteroatoms. The molecule has 0 aliphatic heterocycles. The predicted molar refractivity (Wildman–Crippen MR) is 123 cm³/mol. The molecule has 0 atom stereocenters. The molecule has 0 saturated carbocycles. The van der Waals surface area contributed by atoms with Crippen LogP contribution in [-0.4, -0.2) is 0 Å². The topological polar surface area (TPSA) is 0 Å². The van der Waals surface area contributed by atoms with E-state index in [2.05, 4.69) is 109 Å². The van der Waals surface area contributed by atoms with E-state index in [0.29, 0.717) is 0 Å². The second kappa shape index (κ2) is 6.46. The third-order valence-corrected chi connectivity index (χ3v) is 6.12. The van der Waals surface area contributed by atoms with Crippen molar-refractivity contribution in [3.8, 4) is 33.4 Å². The van der Waals surface area contributed by atoms with Gasteiger partial charge in [-0.3, -0.25) is 0 Å². The van der Waals surface area contributed by atoms with E-state index in [9.17, 15) is 0 Å². The number of rotatable bonds is 0. The molecule has 0 fully saturated rings. The van der Waals surface area contributed by atoms with Crippen LogP contribution >= 0.6 is 0 Å². The maximum absolute atomic E-state index is 2.22. The van der Waals surface area contributed by atoms with E-state index in [1.165, 1.54) is 55.3 Å². The summed E-state index contributed by atoms with van der Waals surface area (Å²) in [5.41, 5.74) is 11.2. The molecule has 2 aliphatic carbocycles. The van der Waals surface area contributed by atoms with E-state index >= 15 is 0 Å². The van der Waals surface area contributed by atoms with Crippen LogP contribution in [-0.2, 0) is 6.42 Å². The Balaban J connectivity index is 0.000000117. The third-order valence-electron chi connectivity index (χ3n) is 6.12. The quantitative estimate of drug-likeness (QED) is 0.257. The van der Waals surface area contributed by atoms with Crippen LogP contribution in [0, 0.1) is 0 Å². The van der Waals surface area contributed by atoms with E-state index in [0.717, 1.165) is 6.42 Å². The molecule has 0 radical (unpaired) electrons. The van der Waals surface area contributed by atoms with Gasteiger partial charge in [-0.25, -0.2) is 0 Å². The van der Waals surface area contributed by atoms with E-state index in [4.69, 9.17) is 0 Å². The summed E-state index contributed by atoms with van der Waals surface area (Å²) in [6.07, 6.45) is 1.10. The second-order valence-electron chi connectivity index (χ2n) is 7.75. The molecule has 0 aromatic heterocycles. The average molecular weight is 368 g/mol. The molecular formula is C29H20. The molecule has 0 N–H and O–H groups in total. The molecule has 0 saturated heterocycles. The van der Waals surface area contributed by atoms with Gasteiger partial charge in [-0.15, -0.1) is 0 Å². The fourth-order valence-electron chi connectivity index (χ4n) is 4.82. The van der Waals surface area contributed by atoms with Gasteiger partial charge in [-0.1, -0.05) is 109 Å². The minimum Gasteiger partial charge on any atom is -0.0619 e. The Hall–Kier alpha value is -3.64. The van der Waals surface area contributed by atoms with Crippen molar-refractivity contribution in [1.29, 1.82) is 0 Å². The summed E-state index contributed by atoms with van der Waals surface area (Å²) in [5, 5.41) is 2.75. The van der Waals surface area contributed by atoms with Crippen molar-refractivity contribution in [2.24, 2.45) is 0 Å². The highest BCUT2D eigenvalue weighted by atomic mass is 14.2. The van der Waals surface area contributed by atoms with E-state index in [-0.39, 0.29) is 0 Å². The number of hydrogen-bond donors (Lipinski definition) is 0. The van der Waals surface area contributed by atoms with Gasteiger partial charge in [0.25, 0.3) is 0 Å². The highest BCUT2D eigenvalue weighted by Gasteiger charge is 2.19. The van der Waals surface area contributed by atoms with Crippen molar-refractivity contribution in [3.05, 3.63) is 120 Å². The van der Waals surface area contributed by atoms with Crippen LogP contribution in [0.4, 0.5) is 0 Å². The van der Waals surface area contributed by atoms with Gasteiger partial charge in [-0.2, -0.15) is 0 Å². The normalized spacial score (nSPS) is 12.0. The summed E-state index contributed by atoms with van der Waals surface area (Å²) in [7, 11) is 0. The molecule has 0 nitrogen and oxygen atoms in total. The Bertz CT molecular complexity index is 1270. The Kier molecular flexibility index (Phi) is 3.64. The second-order valence-corrected chi connectivity index (χ2v) is 7.75. The molecule has 0 heterocycles. The summed E-state index contributed by atoms with van der Waals surface area (Å²) in [4.78, 5) is 0. The zero-order valence-corrected chi connectivity index (χ0v) is 16.1. The predicted octanol–water partition coefficient (Wildman–Crippen LogP) is 7.75. The Labute approximate surface area is 171 Å². The smallest absolute Gasteiger partial charge is 0.00135 e. The minimum absolute atomic E-state index is 1.10. The lowest BCUT2D eigenvalue weighted by molar-refractivity contribution is 1.26. The summed E-state index contributed by atoms with van der Waals surface area (Å²) in [6.45, 7) is 0. The van der Waals surface area contributed by atoms with Crippen molar-refractivity contribution in [2.75, 3.05) is 0 Å². The van der Waals surface area contributed by atoms with E-state index in [1.54, 1.807) is 0 Å². The van der Waals surface area contributed by atoms with Crippen molar-refractivity contribution >= 4 is 10.8 Å². The lowest BCUT2D eigenvalue weighted by Gasteiger charge is -2.00. The molecule has 7 rings (SSSR count). The van der Waals surface area contributed by atoms with Crippen molar-refractivity contribution in [2.45, 2.75) is 6.42 Å². The van der Waals surface area contributed by atoms with Gasteiger partial charge < -0.3 is 0 Å². The molecule has 5 aromatic carbocycles. The summed E-state index contributed by atoms with van der Waals surface area (Å²) in [5.74, 6) is 0. The van der Waals surface area contributed by atoms with Gasteiger partial charge in [0.15, 0.2) is 0 Å². The summed E-state index contributed by atoms with van der Waals surface area (Å²) < 4.78 is 0. The number of benzene rings is 5. The van der Waals surface area contributed by atoms with Gasteiger partial charge >= 0.3 is 0 Å². The lowest BCUT2D eigenvalue weighted by Crippen LogP contribution is -1.77.